The van der Waals surface area contributed by atoms with Crippen molar-refractivity contribution < 1.29 is 5.11 Å². The molecule has 168 valence electrons. The Morgan fingerprint density at radius 3 is 2.55 bits per heavy atom. The smallest absolute Gasteiger partial charge is 0.258 e. The maximum atomic E-state index is 13.7. The molecule has 0 spiro atoms. The number of aliphatic hydroxyl groups is 1. The average molecular weight is 442 g/mol. The molecule has 4 aromatic rings. The molecule has 2 aromatic heterocycles. The third kappa shape index (κ3) is 4.43. The second-order valence-electron chi connectivity index (χ2n) is 8.85. The van der Waals surface area contributed by atoms with E-state index in [0.29, 0.717) is 29.7 Å². The predicted molar refractivity (Wildman–Crippen MR) is 127 cm³/mol. The van der Waals surface area contributed by atoms with E-state index in [1.54, 1.807) is 18.4 Å². The van der Waals surface area contributed by atoms with Gasteiger partial charge in [-0.05, 0) is 37.0 Å². The third-order valence-corrected chi connectivity index (χ3v) is 5.62. The summed E-state index contributed by atoms with van der Waals surface area (Å²) in [5.41, 5.74) is 3.17. The van der Waals surface area contributed by atoms with Crippen molar-refractivity contribution in [2.24, 2.45) is 0 Å². The minimum Gasteiger partial charge on any atom is -0.389 e. The van der Waals surface area contributed by atoms with Crippen LogP contribution in [-0.4, -0.2) is 29.9 Å². The summed E-state index contributed by atoms with van der Waals surface area (Å²) in [4.78, 5) is 18.0. The molecule has 0 amide bonds. The van der Waals surface area contributed by atoms with Gasteiger partial charge in [0, 0.05) is 12.0 Å². The Morgan fingerprint density at radius 1 is 1.12 bits per heavy atom. The van der Waals surface area contributed by atoms with E-state index in [9.17, 15) is 15.2 Å². The van der Waals surface area contributed by atoms with Crippen LogP contribution in [0.1, 0.15) is 49.6 Å². The number of hydrogen-bond acceptors (Lipinski definition) is 5. The van der Waals surface area contributed by atoms with Gasteiger partial charge in [0.1, 0.15) is 12.4 Å². The van der Waals surface area contributed by atoms with E-state index < -0.39 is 5.60 Å². The molecular formula is C26H27N5O2. The van der Waals surface area contributed by atoms with E-state index in [-0.39, 0.29) is 12.1 Å². The SMILES string of the molecule is CCCc1c(Cc2cccc(-c3ccccc3)c2C#N)c(=O)n(CC(C)(C)O)c2ncnn12. The zero-order chi connectivity index (χ0) is 23.6. The Bertz CT molecular complexity index is 1390. The lowest BCUT2D eigenvalue weighted by Gasteiger charge is -2.21. The first kappa shape index (κ1) is 22.4. The minimum absolute atomic E-state index is 0.0859. The van der Waals surface area contributed by atoms with Gasteiger partial charge in [-0.15, -0.1) is 0 Å². The molecule has 7 heteroatoms. The van der Waals surface area contributed by atoms with Crippen molar-refractivity contribution >= 4 is 5.78 Å². The molecular weight excluding hydrogens is 414 g/mol. The fraction of sp³-hybridized carbons (Fsp3) is 0.308. The standard InChI is InChI=1S/C26H27N5O2/c1-4-9-23-21(24(32)30(16-26(2,3)33)25-28-17-29-31(23)25)14-19-12-8-13-20(22(19)15-27)18-10-6-5-7-11-18/h5-8,10-13,17,33H,4,9,14,16H2,1-3H3. The van der Waals surface area contributed by atoms with Gasteiger partial charge in [0.2, 0.25) is 5.78 Å². The zero-order valence-electron chi connectivity index (χ0n) is 19.1. The lowest BCUT2D eigenvalue weighted by Crippen LogP contribution is -2.36. The highest BCUT2D eigenvalue weighted by atomic mass is 16.3. The molecule has 0 atom stereocenters. The van der Waals surface area contributed by atoms with Gasteiger partial charge in [-0.25, -0.2) is 4.52 Å². The number of benzene rings is 2. The van der Waals surface area contributed by atoms with Gasteiger partial charge in [0.15, 0.2) is 0 Å². The Balaban J connectivity index is 1.93. The minimum atomic E-state index is -1.11. The molecule has 7 nitrogen and oxygen atoms in total. The molecule has 4 rings (SSSR count). The second kappa shape index (κ2) is 9.00. The maximum absolute atomic E-state index is 13.7. The third-order valence-electron chi connectivity index (χ3n) is 5.62. The van der Waals surface area contributed by atoms with E-state index in [1.165, 1.54) is 10.9 Å². The van der Waals surface area contributed by atoms with E-state index in [2.05, 4.69) is 16.2 Å². The van der Waals surface area contributed by atoms with Crippen LogP contribution in [0.25, 0.3) is 16.9 Å². The molecule has 2 aromatic carbocycles. The van der Waals surface area contributed by atoms with E-state index in [4.69, 9.17) is 0 Å². The number of nitriles is 1. The molecule has 0 unspecified atom stereocenters. The van der Waals surface area contributed by atoms with Crippen LogP contribution in [0.5, 0.6) is 0 Å². The fourth-order valence-electron chi connectivity index (χ4n) is 4.24. The topological polar surface area (TPSA) is 96.2 Å². The fourth-order valence-corrected chi connectivity index (χ4v) is 4.24. The first-order valence-electron chi connectivity index (χ1n) is 11.1. The molecule has 0 bridgehead atoms. The summed E-state index contributed by atoms with van der Waals surface area (Å²) in [6.45, 7) is 5.44. The summed E-state index contributed by atoms with van der Waals surface area (Å²) >= 11 is 0. The quantitative estimate of drug-likeness (QED) is 0.471. The average Bonchev–Trinajstić information content (AvgIpc) is 3.28. The summed E-state index contributed by atoms with van der Waals surface area (Å²) < 4.78 is 3.17. The number of nitrogens with zero attached hydrogens (tertiary/aromatic N) is 5. The normalized spacial score (nSPS) is 11.6. The van der Waals surface area contributed by atoms with Crippen molar-refractivity contribution in [2.75, 3.05) is 0 Å². The number of aromatic nitrogens is 4. The first-order chi connectivity index (χ1) is 15.8. The maximum Gasteiger partial charge on any atom is 0.258 e. The summed E-state index contributed by atoms with van der Waals surface area (Å²) in [5, 5.41) is 24.8. The number of fused-ring (bicyclic) bond motifs is 1. The molecule has 0 fully saturated rings. The highest BCUT2D eigenvalue weighted by Crippen LogP contribution is 2.27. The highest BCUT2D eigenvalue weighted by Gasteiger charge is 2.23. The lowest BCUT2D eigenvalue weighted by molar-refractivity contribution is 0.0611. The Hall–Kier alpha value is -3.76. The van der Waals surface area contributed by atoms with Crippen LogP contribution in [0.4, 0.5) is 0 Å². The van der Waals surface area contributed by atoms with Gasteiger partial charge in [-0.3, -0.25) is 9.36 Å². The van der Waals surface area contributed by atoms with Crippen LogP contribution in [0, 0.1) is 11.3 Å². The van der Waals surface area contributed by atoms with Gasteiger partial charge in [0.25, 0.3) is 5.56 Å². The van der Waals surface area contributed by atoms with Crippen LogP contribution in [0.3, 0.4) is 0 Å². The van der Waals surface area contributed by atoms with Gasteiger partial charge >= 0.3 is 0 Å². The molecule has 2 heterocycles. The zero-order valence-corrected chi connectivity index (χ0v) is 19.1. The van der Waals surface area contributed by atoms with Gasteiger partial charge in [-0.2, -0.15) is 15.3 Å². The molecule has 1 N–H and O–H groups in total. The number of rotatable bonds is 7. The van der Waals surface area contributed by atoms with Crippen molar-refractivity contribution in [3.8, 4) is 17.2 Å². The van der Waals surface area contributed by atoms with Crippen molar-refractivity contribution in [3.05, 3.63) is 87.6 Å². The summed E-state index contributed by atoms with van der Waals surface area (Å²) in [7, 11) is 0. The molecule has 0 aliphatic carbocycles. The number of hydrogen-bond donors (Lipinski definition) is 1. The summed E-state index contributed by atoms with van der Waals surface area (Å²) in [6, 6.07) is 17.9. The Kier molecular flexibility index (Phi) is 6.12. The van der Waals surface area contributed by atoms with Gasteiger partial charge in [-0.1, -0.05) is 61.9 Å². The summed E-state index contributed by atoms with van der Waals surface area (Å²) in [6.07, 6.45) is 3.19. The van der Waals surface area contributed by atoms with Gasteiger partial charge < -0.3 is 5.11 Å². The molecule has 0 saturated carbocycles. The van der Waals surface area contributed by atoms with Crippen LogP contribution >= 0.6 is 0 Å². The van der Waals surface area contributed by atoms with Gasteiger partial charge in [0.05, 0.1) is 23.4 Å². The number of aryl methyl sites for hydroxylation is 1. The second-order valence-corrected chi connectivity index (χ2v) is 8.85. The van der Waals surface area contributed by atoms with Crippen LogP contribution in [-0.2, 0) is 19.4 Å². The monoisotopic (exact) mass is 441 g/mol. The van der Waals surface area contributed by atoms with Crippen molar-refractivity contribution in [2.45, 2.75) is 52.2 Å². The summed E-state index contributed by atoms with van der Waals surface area (Å²) in [5.74, 6) is 0.410. The van der Waals surface area contributed by atoms with Crippen LogP contribution < -0.4 is 5.56 Å². The largest absolute Gasteiger partial charge is 0.389 e. The molecule has 0 aliphatic rings. The van der Waals surface area contributed by atoms with Crippen molar-refractivity contribution in [3.63, 3.8) is 0 Å². The highest BCUT2D eigenvalue weighted by molar-refractivity contribution is 5.72. The predicted octanol–water partition coefficient (Wildman–Crippen LogP) is 3.74. The lowest BCUT2D eigenvalue weighted by atomic mass is 9.92. The molecule has 33 heavy (non-hydrogen) atoms. The van der Waals surface area contributed by atoms with Crippen molar-refractivity contribution in [1.82, 2.24) is 19.2 Å². The van der Waals surface area contributed by atoms with E-state index in [0.717, 1.165) is 28.8 Å². The Labute approximate surface area is 192 Å². The van der Waals surface area contributed by atoms with Crippen LogP contribution in [0.15, 0.2) is 59.7 Å². The van der Waals surface area contributed by atoms with E-state index in [1.807, 2.05) is 55.5 Å². The molecule has 0 aliphatic heterocycles. The molecule has 0 radical (unpaired) electrons. The first-order valence-corrected chi connectivity index (χ1v) is 11.1. The van der Waals surface area contributed by atoms with Crippen LogP contribution in [0.2, 0.25) is 0 Å². The van der Waals surface area contributed by atoms with Crippen molar-refractivity contribution in [1.29, 1.82) is 5.26 Å². The Morgan fingerprint density at radius 2 is 1.88 bits per heavy atom. The van der Waals surface area contributed by atoms with E-state index >= 15 is 0 Å². The molecule has 0 saturated heterocycles.